The molecule has 0 saturated heterocycles. The predicted molar refractivity (Wildman–Crippen MR) is 140 cm³/mol. The van der Waals surface area contributed by atoms with Crippen molar-refractivity contribution in [2.24, 2.45) is 0 Å². The molecule has 1 aromatic carbocycles. The number of hydrogen-bond acceptors (Lipinski definition) is 3. The first-order valence-electron chi connectivity index (χ1n) is 12.5. The molecule has 0 radical (unpaired) electrons. The summed E-state index contributed by atoms with van der Waals surface area (Å²) in [6.07, 6.45) is 13.8. The van der Waals surface area contributed by atoms with Gasteiger partial charge in [-0.3, -0.25) is 0 Å². The van der Waals surface area contributed by atoms with E-state index in [2.05, 4.69) is 31.9 Å². The summed E-state index contributed by atoms with van der Waals surface area (Å²) < 4.78 is 11.8. The van der Waals surface area contributed by atoms with Gasteiger partial charge in [-0.2, -0.15) is 0 Å². The maximum atomic E-state index is 13.0. The molecule has 2 rings (SSSR count). The van der Waals surface area contributed by atoms with Crippen molar-refractivity contribution in [2.75, 3.05) is 23.8 Å². The van der Waals surface area contributed by atoms with E-state index in [1.165, 1.54) is 32.1 Å². The summed E-state index contributed by atoms with van der Waals surface area (Å²) in [7, 11) is 0. The van der Waals surface area contributed by atoms with E-state index in [1.54, 1.807) is 0 Å². The van der Waals surface area contributed by atoms with Crippen molar-refractivity contribution in [1.29, 1.82) is 0 Å². The number of amides is 1. The van der Waals surface area contributed by atoms with Gasteiger partial charge in [0.1, 0.15) is 6.61 Å². The molecule has 182 valence electrons. The van der Waals surface area contributed by atoms with Gasteiger partial charge in [-0.05, 0) is 56.9 Å². The number of ether oxygens (including phenoxy) is 2. The second-order valence-electron chi connectivity index (χ2n) is 8.74. The topological polar surface area (TPSA) is 38.8 Å². The third-order valence-electron chi connectivity index (χ3n) is 6.19. The van der Waals surface area contributed by atoms with Crippen LogP contribution in [0.5, 0.6) is 0 Å². The zero-order valence-corrected chi connectivity index (χ0v) is 22.7. The molecule has 1 fully saturated rings. The highest BCUT2D eigenvalue weighted by atomic mass is 79.9. The Balaban J connectivity index is 1.77. The average Bonchev–Trinajstić information content (AvgIpc) is 2.83. The van der Waals surface area contributed by atoms with Crippen LogP contribution in [0, 0.1) is 0 Å². The molecule has 0 unspecified atom stereocenters. The van der Waals surface area contributed by atoms with Crippen molar-refractivity contribution >= 4 is 38.0 Å². The van der Waals surface area contributed by atoms with E-state index >= 15 is 0 Å². The van der Waals surface area contributed by atoms with Crippen molar-refractivity contribution in [3.8, 4) is 0 Å². The van der Waals surface area contributed by atoms with Gasteiger partial charge in [0.25, 0.3) is 0 Å². The van der Waals surface area contributed by atoms with E-state index in [9.17, 15) is 4.79 Å². The third-order valence-corrected chi connectivity index (χ3v) is 7.31. The first-order chi connectivity index (χ1) is 15.7. The van der Waals surface area contributed by atoms with Gasteiger partial charge in [0.15, 0.2) is 0 Å². The van der Waals surface area contributed by atoms with E-state index in [-0.39, 0.29) is 12.1 Å². The zero-order valence-electron chi connectivity index (χ0n) is 19.5. The van der Waals surface area contributed by atoms with Gasteiger partial charge < -0.3 is 14.4 Å². The number of rotatable bonds is 16. The van der Waals surface area contributed by atoms with Gasteiger partial charge in [-0.1, -0.05) is 87.9 Å². The average molecular weight is 575 g/mol. The Bertz CT molecular complexity index is 594. The number of carbonyl (C=O) groups is 1. The largest absolute Gasteiger partial charge is 0.445 e. The molecule has 1 amide bonds. The Morgan fingerprint density at radius 3 is 2.12 bits per heavy atom. The van der Waals surface area contributed by atoms with E-state index in [0.29, 0.717) is 12.7 Å². The molecule has 6 heteroatoms. The normalized spacial score (nSPS) is 18.4. The summed E-state index contributed by atoms with van der Waals surface area (Å²) >= 11 is 6.99. The lowest BCUT2D eigenvalue weighted by Gasteiger charge is -2.36. The number of unbranched alkanes of at least 4 members (excludes halogenated alkanes) is 6. The number of hydrogen-bond donors (Lipinski definition) is 0. The minimum absolute atomic E-state index is 0.162. The van der Waals surface area contributed by atoms with Crippen LogP contribution in [-0.2, 0) is 16.1 Å². The lowest BCUT2D eigenvalue weighted by Crippen LogP contribution is -2.44. The van der Waals surface area contributed by atoms with Crippen LogP contribution in [0.1, 0.15) is 82.6 Å². The van der Waals surface area contributed by atoms with Gasteiger partial charge in [0, 0.05) is 29.9 Å². The number of halogens is 2. The fraction of sp³-hybridized carbons (Fsp3) is 0.731. The molecule has 1 aromatic rings. The number of alkyl halides is 2. The summed E-state index contributed by atoms with van der Waals surface area (Å²) in [6, 6.07) is 10.2. The molecule has 32 heavy (non-hydrogen) atoms. The molecule has 1 aliphatic rings. The quantitative estimate of drug-likeness (QED) is 0.149. The molecule has 0 N–H and O–H groups in total. The molecule has 0 heterocycles. The second-order valence-corrected chi connectivity index (χ2v) is 10.3. The molecular formula is C26H41Br2NO3. The summed E-state index contributed by atoms with van der Waals surface area (Å²) in [5, 5.41) is 2.15. The fourth-order valence-corrected chi connectivity index (χ4v) is 5.07. The van der Waals surface area contributed by atoms with Gasteiger partial charge in [0.05, 0.1) is 6.10 Å². The number of nitrogens with zero attached hydrogens (tertiary/aromatic N) is 1. The molecule has 1 saturated carbocycles. The molecule has 1 aliphatic carbocycles. The van der Waals surface area contributed by atoms with Crippen molar-refractivity contribution in [3.63, 3.8) is 0 Å². The highest BCUT2D eigenvalue weighted by Gasteiger charge is 2.29. The highest BCUT2D eigenvalue weighted by Crippen LogP contribution is 2.27. The first-order valence-corrected chi connectivity index (χ1v) is 14.7. The maximum Gasteiger partial charge on any atom is 0.410 e. The Hall–Kier alpha value is -0.590. The Morgan fingerprint density at radius 2 is 1.47 bits per heavy atom. The summed E-state index contributed by atoms with van der Waals surface area (Å²) in [4.78, 5) is 15.0. The van der Waals surface area contributed by atoms with Crippen molar-refractivity contribution in [3.05, 3.63) is 35.9 Å². The highest BCUT2D eigenvalue weighted by molar-refractivity contribution is 9.09. The van der Waals surface area contributed by atoms with Crippen LogP contribution in [0.3, 0.4) is 0 Å². The Kier molecular flexibility index (Phi) is 15.4. The van der Waals surface area contributed by atoms with Crippen LogP contribution < -0.4 is 0 Å². The molecular weight excluding hydrogens is 534 g/mol. The van der Waals surface area contributed by atoms with Crippen LogP contribution in [0.4, 0.5) is 4.79 Å². The van der Waals surface area contributed by atoms with Crippen LogP contribution >= 0.6 is 31.9 Å². The van der Waals surface area contributed by atoms with Crippen LogP contribution in [0.15, 0.2) is 30.3 Å². The Morgan fingerprint density at radius 1 is 0.844 bits per heavy atom. The van der Waals surface area contributed by atoms with Crippen LogP contribution in [0.25, 0.3) is 0 Å². The van der Waals surface area contributed by atoms with Crippen LogP contribution in [-0.4, -0.2) is 47.0 Å². The summed E-state index contributed by atoms with van der Waals surface area (Å²) in [5.74, 6) is 0. The van der Waals surface area contributed by atoms with E-state index in [0.717, 1.165) is 74.3 Å². The lowest BCUT2D eigenvalue weighted by atomic mass is 9.91. The predicted octanol–water partition coefficient (Wildman–Crippen LogP) is 7.86. The van der Waals surface area contributed by atoms with Crippen molar-refractivity contribution in [1.82, 2.24) is 4.90 Å². The number of carbonyl (C=O) groups excluding carboxylic acids is 1. The SMILES string of the molecule is O=C(OCc1ccccc1)N(CCCCCCBr)[C@H]1CC[C@H](OCCCCCCBr)CC1. The molecule has 4 nitrogen and oxygen atoms in total. The Labute approximate surface area is 212 Å². The third kappa shape index (κ3) is 11.5. The maximum absolute atomic E-state index is 13.0. The van der Waals surface area contributed by atoms with E-state index in [1.807, 2.05) is 35.2 Å². The summed E-state index contributed by atoms with van der Waals surface area (Å²) in [6.45, 7) is 2.00. The van der Waals surface area contributed by atoms with Crippen molar-refractivity contribution in [2.45, 2.75) is 95.8 Å². The summed E-state index contributed by atoms with van der Waals surface area (Å²) in [5.41, 5.74) is 1.03. The van der Waals surface area contributed by atoms with Crippen molar-refractivity contribution < 1.29 is 14.3 Å². The molecule has 0 atom stereocenters. The second kappa shape index (κ2) is 17.8. The smallest absolute Gasteiger partial charge is 0.410 e. The zero-order chi connectivity index (χ0) is 22.9. The molecule has 0 aliphatic heterocycles. The van der Waals surface area contributed by atoms with Gasteiger partial charge >= 0.3 is 6.09 Å². The van der Waals surface area contributed by atoms with E-state index < -0.39 is 0 Å². The lowest BCUT2D eigenvalue weighted by molar-refractivity contribution is 0.00306. The molecule has 0 bridgehead atoms. The monoisotopic (exact) mass is 573 g/mol. The minimum atomic E-state index is -0.162. The molecule has 0 aromatic heterocycles. The number of benzene rings is 1. The van der Waals surface area contributed by atoms with Crippen LogP contribution in [0.2, 0.25) is 0 Å². The van der Waals surface area contributed by atoms with Gasteiger partial charge in [-0.25, -0.2) is 4.79 Å². The molecule has 0 spiro atoms. The fourth-order valence-electron chi connectivity index (χ4n) is 4.28. The minimum Gasteiger partial charge on any atom is -0.445 e. The first kappa shape index (κ1) is 27.7. The van der Waals surface area contributed by atoms with Gasteiger partial charge in [0.2, 0.25) is 0 Å². The standard InChI is InChI=1S/C26H41Br2NO3/c27-18-8-1-3-10-20-29(26(30)32-22-23-12-6-5-7-13-23)24-14-16-25(17-15-24)31-21-11-4-2-9-19-28/h5-7,12-13,24-25H,1-4,8-11,14-22H2/t24-,25-. The van der Waals surface area contributed by atoms with E-state index in [4.69, 9.17) is 9.47 Å². The van der Waals surface area contributed by atoms with Gasteiger partial charge in [-0.15, -0.1) is 0 Å².